The van der Waals surface area contributed by atoms with Gasteiger partial charge in [-0.3, -0.25) is 4.79 Å². The van der Waals surface area contributed by atoms with Gasteiger partial charge in [-0.1, -0.05) is 18.2 Å². The lowest BCUT2D eigenvalue weighted by Gasteiger charge is -2.23. The molecule has 2 N–H and O–H groups in total. The third-order valence-electron chi connectivity index (χ3n) is 4.03. The van der Waals surface area contributed by atoms with E-state index in [-0.39, 0.29) is 11.9 Å². The van der Waals surface area contributed by atoms with Crippen LogP contribution in [0.15, 0.2) is 36.4 Å². The fourth-order valence-electron chi connectivity index (χ4n) is 2.76. The highest BCUT2D eigenvalue weighted by molar-refractivity contribution is 5.84. The van der Waals surface area contributed by atoms with Gasteiger partial charge in [0.1, 0.15) is 5.75 Å². The first-order valence-corrected chi connectivity index (χ1v) is 7.89. The van der Waals surface area contributed by atoms with Gasteiger partial charge in [-0.2, -0.15) is 0 Å². The minimum absolute atomic E-state index is 0.0443. The number of nitrogens with one attached hydrogen (secondary N) is 2. The van der Waals surface area contributed by atoms with E-state index in [0.29, 0.717) is 19.6 Å². The molecule has 0 aliphatic carbocycles. The summed E-state index contributed by atoms with van der Waals surface area (Å²) < 4.78 is 10.6. The van der Waals surface area contributed by atoms with Gasteiger partial charge in [-0.15, -0.1) is 0 Å². The van der Waals surface area contributed by atoms with Gasteiger partial charge >= 0.3 is 0 Å². The molecule has 0 radical (unpaired) electrons. The molecule has 0 bridgehead atoms. The van der Waals surface area contributed by atoms with Crippen molar-refractivity contribution in [3.05, 3.63) is 42.0 Å². The van der Waals surface area contributed by atoms with Crippen molar-refractivity contribution in [3.8, 4) is 5.75 Å². The molecule has 0 saturated carbocycles. The maximum absolute atomic E-state index is 12.0. The van der Waals surface area contributed by atoms with E-state index in [1.807, 2.05) is 24.3 Å². The summed E-state index contributed by atoms with van der Waals surface area (Å²) in [6, 6.07) is 12.3. The molecule has 1 heterocycles. The van der Waals surface area contributed by atoms with Gasteiger partial charge in [-0.25, -0.2) is 0 Å². The SMILES string of the molecule is COc1ccc2cc(CNC(=O)CC3COCCN3)ccc2c1. The van der Waals surface area contributed by atoms with Crippen LogP contribution in [-0.4, -0.2) is 38.8 Å². The highest BCUT2D eigenvalue weighted by atomic mass is 16.5. The van der Waals surface area contributed by atoms with Crippen LogP contribution >= 0.6 is 0 Å². The minimum Gasteiger partial charge on any atom is -0.497 e. The van der Waals surface area contributed by atoms with Crippen molar-refractivity contribution >= 4 is 16.7 Å². The Hall–Kier alpha value is -2.11. The Morgan fingerprint density at radius 3 is 2.91 bits per heavy atom. The molecule has 0 aromatic heterocycles. The quantitative estimate of drug-likeness (QED) is 0.884. The Bertz CT molecular complexity index is 681. The summed E-state index contributed by atoms with van der Waals surface area (Å²) >= 11 is 0. The van der Waals surface area contributed by atoms with E-state index in [1.165, 1.54) is 0 Å². The number of amides is 1. The molecular weight excluding hydrogens is 292 g/mol. The molecule has 2 aromatic rings. The number of methoxy groups -OCH3 is 1. The van der Waals surface area contributed by atoms with Crippen molar-refractivity contribution in [2.75, 3.05) is 26.9 Å². The predicted molar refractivity (Wildman–Crippen MR) is 89.6 cm³/mol. The second-order valence-corrected chi connectivity index (χ2v) is 5.75. The third-order valence-corrected chi connectivity index (χ3v) is 4.03. The summed E-state index contributed by atoms with van der Waals surface area (Å²) in [5.41, 5.74) is 1.09. The lowest BCUT2D eigenvalue weighted by molar-refractivity contribution is -0.122. The van der Waals surface area contributed by atoms with Gasteiger partial charge < -0.3 is 20.1 Å². The lowest BCUT2D eigenvalue weighted by Crippen LogP contribution is -2.44. The van der Waals surface area contributed by atoms with Crippen LogP contribution in [0.5, 0.6) is 5.75 Å². The maximum Gasteiger partial charge on any atom is 0.221 e. The van der Waals surface area contributed by atoms with Crippen LogP contribution < -0.4 is 15.4 Å². The standard InChI is InChI=1S/C18H22N2O3/c1-22-17-5-4-14-8-13(2-3-15(14)9-17)11-20-18(21)10-16-12-23-7-6-19-16/h2-5,8-9,16,19H,6-7,10-12H2,1H3,(H,20,21). The van der Waals surface area contributed by atoms with Crippen LogP contribution in [0.2, 0.25) is 0 Å². The molecule has 1 atom stereocenters. The summed E-state index contributed by atoms with van der Waals surface area (Å²) in [4.78, 5) is 12.0. The van der Waals surface area contributed by atoms with E-state index in [1.54, 1.807) is 7.11 Å². The van der Waals surface area contributed by atoms with Gasteiger partial charge in [0.05, 0.1) is 20.3 Å². The number of carbonyl (C=O) groups is 1. The average Bonchev–Trinajstić information content (AvgIpc) is 2.60. The van der Waals surface area contributed by atoms with Crippen molar-refractivity contribution < 1.29 is 14.3 Å². The Morgan fingerprint density at radius 1 is 1.30 bits per heavy atom. The van der Waals surface area contributed by atoms with Crippen molar-refractivity contribution in [1.29, 1.82) is 0 Å². The van der Waals surface area contributed by atoms with Gasteiger partial charge in [0.15, 0.2) is 0 Å². The molecule has 1 aliphatic rings. The number of fused-ring (bicyclic) bond motifs is 1. The topological polar surface area (TPSA) is 59.6 Å². The predicted octanol–water partition coefficient (Wildman–Crippen LogP) is 1.84. The van der Waals surface area contributed by atoms with Crippen LogP contribution in [0.1, 0.15) is 12.0 Å². The number of ether oxygens (including phenoxy) is 2. The summed E-state index contributed by atoms with van der Waals surface area (Å²) in [6.45, 7) is 2.67. The van der Waals surface area contributed by atoms with Crippen molar-refractivity contribution in [2.24, 2.45) is 0 Å². The van der Waals surface area contributed by atoms with E-state index < -0.39 is 0 Å². The van der Waals surface area contributed by atoms with Gasteiger partial charge in [0.2, 0.25) is 5.91 Å². The van der Waals surface area contributed by atoms with Crippen molar-refractivity contribution in [2.45, 2.75) is 19.0 Å². The van der Waals surface area contributed by atoms with Gasteiger partial charge in [0, 0.05) is 25.6 Å². The average molecular weight is 314 g/mol. The first kappa shape index (κ1) is 15.8. The fourth-order valence-corrected chi connectivity index (χ4v) is 2.76. The van der Waals surface area contributed by atoms with E-state index >= 15 is 0 Å². The number of rotatable bonds is 5. The summed E-state index contributed by atoms with van der Waals surface area (Å²) in [5.74, 6) is 0.892. The second-order valence-electron chi connectivity index (χ2n) is 5.75. The van der Waals surface area contributed by atoms with Crippen molar-refractivity contribution in [1.82, 2.24) is 10.6 Å². The van der Waals surface area contributed by atoms with E-state index in [4.69, 9.17) is 9.47 Å². The largest absolute Gasteiger partial charge is 0.497 e. The third kappa shape index (κ3) is 4.21. The first-order chi connectivity index (χ1) is 11.2. The maximum atomic E-state index is 12.0. The molecule has 1 aliphatic heterocycles. The summed E-state index contributed by atoms with van der Waals surface area (Å²) in [6.07, 6.45) is 0.449. The van der Waals surface area contributed by atoms with Gasteiger partial charge in [-0.05, 0) is 34.5 Å². The number of hydrogen-bond acceptors (Lipinski definition) is 4. The Labute approximate surface area is 136 Å². The number of hydrogen-bond donors (Lipinski definition) is 2. The number of benzene rings is 2. The Kier molecular flexibility index (Phi) is 5.10. The van der Waals surface area contributed by atoms with Crippen LogP contribution in [0.3, 0.4) is 0 Å². The van der Waals surface area contributed by atoms with Crippen LogP contribution in [0.25, 0.3) is 10.8 Å². The molecule has 3 rings (SSSR count). The minimum atomic E-state index is 0.0443. The van der Waals surface area contributed by atoms with Crippen molar-refractivity contribution in [3.63, 3.8) is 0 Å². The Morgan fingerprint density at radius 2 is 2.13 bits per heavy atom. The lowest BCUT2D eigenvalue weighted by atomic mass is 10.1. The highest BCUT2D eigenvalue weighted by Crippen LogP contribution is 2.21. The molecule has 0 spiro atoms. The first-order valence-electron chi connectivity index (χ1n) is 7.89. The molecule has 23 heavy (non-hydrogen) atoms. The second kappa shape index (κ2) is 7.44. The van der Waals surface area contributed by atoms with E-state index in [9.17, 15) is 4.79 Å². The van der Waals surface area contributed by atoms with Gasteiger partial charge in [0.25, 0.3) is 0 Å². The fraction of sp³-hybridized carbons (Fsp3) is 0.389. The van der Waals surface area contributed by atoms with E-state index in [2.05, 4.69) is 22.8 Å². The summed E-state index contributed by atoms with van der Waals surface area (Å²) in [7, 11) is 1.66. The molecule has 1 amide bonds. The van der Waals surface area contributed by atoms with Crippen LogP contribution in [0, 0.1) is 0 Å². The zero-order chi connectivity index (χ0) is 16.1. The molecule has 122 valence electrons. The normalized spacial score (nSPS) is 17.9. The monoisotopic (exact) mass is 314 g/mol. The smallest absolute Gasteiger partial charge is 0.221 e. The molecule has 5 heteroatoms. The van der Waals surface area contributed by atoms with Crippen LogP contribution in [0.4, 0.5) is 0 Å². The number of morpholine rings is 1. The number of carbonyl (C=O) groups excluding carboxylic acids is 1. The Balaban J connectivity index is 1.57. The molecule has 2 aromatic carbocycles. The zero-order valence-electron chi connectivity index (χ0n) is 13.3. The molecule has 1 fully saturated rings. The van der Waals surface area contributed by atoms with Crippen LogP contribution in [-0.2, 0) is 16.1 Å². The molecule has 5 nitrogen and oxygen atoms in total. The molecule has 1 saturated heterocycles. The molecule has 1 unspecified atom stereocenters. The zero-order valence-corrected chi connectivity index (χ0v) is 13.3. The molecular formula is C18H22N2O3. The van der Waals surface area contributed by atoms with E-state index in [0.717, 1.165) is 35.2 Å². The highest BCUT2D eigenvalue weighted by Gasteiger charge is 2.16. The summed E-state index contributed by atoms with van der Waals surface area (Å²) in [5, 5.41) is 8.53.